The Morgan fingerprint density at radius 1 is 1.38 bits per heavy atom. The van der Waals surface area contributed by atoms with E-state index in [9.17, 15) is 4.79 Å². The third-order valence-electron chi connectivity index (χ3n) is 4.87. The van der Waals surface area contributed by atoms with Crippen molar-refractivity contribution < 1.29 is 9.63 Å². The summed E-state index contributed by atoms with van der Waals surface area (Å²) < 4.78 is 1.89. The summed E-state index contributed by atoms with van der Waals surface area (Å²) in [5.41, 5.74) is 1.01. The molecule has 0 saturated heterocycles. The van der Waals surface area contributed by atoms with Crippen molar-refractivity contribution >= 4 is 29.0 Å². The molecule has 0 atom stereocenters. The Labute approximate surface area is 155 Å². The molecule has 2 N–H and O–H groups in total. The second kappa shape index (κ2) is 6.60. The third-order valence-corrected chi connectivity index (χ3v) is 5.15. The van der Waals surface area contributed by atoms with Gasteiger partial charge in [0.1, 0.15) is 30.6 Å². The maximum atomic E-state index is 12.6. The molecular formula is C17H19ClN6O2. The molecule has 1 amide bonds. The predicted molar refractivity (Wildman–Crippen MR) is 95.9 cm³/mol. The number of carbonyl (C=O) groups is 1. The number of hydrogen-bond acceptors (Lipinski definition) is 6. The lowest BCUT2D eigenvalue weighted by Crippen LogP contribution is -2.49. The number of nitrogens with one attached hydrogen (secondary N) is 2. The van der Waals surface area contributed by atoms with Gasteiger partial charge in [-0.15, -0.1) is 0 Å². The fourth-order valence-corrected chi connectivity index (χ4v) is 4.08. The normalized spacial score (nSPS) is 18.5. The van der Waals surface area contributed by atoms with Gasteiger partial charge in [0, 0.05) is 6.20 Å². The number of carbonyl (C=O) groups excluding carboxylic acids is 1. The number of hydrogen-bond donors (Lipinski definition) is 2. The molecule has 26 heavy (non-hydrogen) atoms. The molecule has 8 nitrogen and oxygen atoms in total. The molecule has 1 saturated carbocycles. The quantitative estimate of drug-likeness (QED) is 0.805. The molecule has 1 spiro atoms. The number of rotatable bonds is 3. The topological polar surface area (TPSA) is 93.4 Å². The van der Waals surface area contributed by atoms with Crippen molar-refractivity contribution in [2.45, 2.75) is 37.8 Å². The first-order valence-electron chi connectivity index (χ1n) is 8.53. The van der Waals surface area contributed by atoms with Crippen molar-refractivity contribution in [1.29, 1.82) is 0 Å². The van der Waals surface area contributed by atoms with Crippen LogP contribution < -0.4 is 16.1 Å². The number of nitrogens with zero attached hydrogens (tertiary/aromatic N) is 4. The van der Waals surface area contributed by atoms with E-state index in [4.69, 9.17) is 16.4 Å². The minimum absolute atomic E-state index is 0.182. The zero-order chi connectivity index (χ0) is 18.1. The van der Waals surface area contributed by atoms with Crippen molar-refractivity contribution in [1.82, 2.24) is 19.9 Å². The van der Waals surface area contributed by atoms with Gasteiger partial charge in [-0.1, -0.05) is 23.2 Å². The Morgan fingerprint density at radius 2 is 2.19 bits per heavy atom. The summed E-state index contributed by atoms with van der Waals surface area (Å²) in [7, 11) is 1.48. The summed E-state index contributed by atoms with van der Waals surface area (Å²) in [5.74, 6) is 0.414. The van der Waals surface area contributed by atoms with Gasteiger partial charge < -0.3 is 15.5 Å². The number of halogens is 1. The highest BCUT2D eigenvalue weighted by Crippen LogP contribution is 2.38. The van der Waals surface area contributed by atoms with Crippen LogP contribution in [0.2, 0.25) is 5.02 Å². The zero-order valence-electron chi connectivity index (χ0n) is 14.3. The van der Waals surface area contributed by atoms with Crippen LogP contribution in [0.15, 0.2) is 29.8 Å². The van der Waals surface area contributed by atoms with Gasteiger partial charge in [-0.2, -0.15) is 0 Å². The minimum atomic E-state index is -0.519. The molecule has 0 unspecified atom stereocenters. The standard InChI is InChI=1S/C17H19ClN6O2/c1-26-23-15-12(21-13-5-8-19-10-20-13)9-11(18)14-16(25)22-17(24(14)15)6-3-2-4-7-17/h5,8-10H,2-4,6-7H2,1H3,(H,22,25)(H,19,20,21). The molecule has 2 aromatic rings. The second-order valence-corrected chi connectivity index (χ2v) is 6.86. The first kappa shape index (κ1) is 16.8. The Balaban J connectivity index is 1.93. The van der Waals surface area contributed by atoms with E-state index in [-0.39, 0.29) is 5.91 Å². The van der Waals surface area contributed by atoms with Crippen molar-refractivity contribution in [3.05, 3.63) is 40.9 Å². The van der Waals surface area contributed by atoms with Crippen LogP contribution in [-0.2, 0) is 10.5 Å². The van der Waals surface area contributed by atoms with Crippen LogP contribution in [0.3, 0.4) is 0 Å². The van der Waals surface area contributed by atoms with Gasteiger partial charge >= 0.3 is 0 Å². The van der Waals surface area contributed by atoms with E-state index in [0.29, 0.717) is 27.7 Å². The van der Waals surface area contributed by atoms with Gasteiger partial charge in [0.25, 0.3) is 5.91 Å². The van der Waals surface area contributed by atoms with E-state index in [2.05, 4.69) is 25.8 Å². The average Bonchev–Trinajstić information content (AvgIpc) is 2.92. The fourth-order valence-electron chi connectivity index (χ4n) is 3.80. The number of aromatic nitrogens is 3. The largest absolute Gasteiger partial charge is 0.397 e. The molecule has 9 heteroatoms. The van der Waals surface area contributed by atoms with Gasteiger partial charge in [0.05, 0.1) is 10.7 Å². The SMILES string of the molecule is CON=c1c(Nc2ccncn2)cc(Cl)c2n1C1(CCCCC1)NC2=O. The Morgan fingerprint density at radius 3 is 2.88 bits per heavy atom. The lowest BCUT2D eigenvalue weighted by atomic mass is 9.89. The Kier molecular flexibility index (Phi) is 4.28. The van der Waals surface area contributed by atoms with Gasteiger partial charge in [-0.25, -0.2) is 9.97 Å². The summed E-state index contributed by atoms with van der Waals surface area (Å²) in [5, 5.41) is 10.9. The summed E-state index contributed by atoms with van der Waals surface area (Å²) >= 11 is 6.47. The molecule has 2 aliphatic rings. The molecular weight excluding hydrogens is 356 g/mol. The molecule has 0 bridgehead atoms. The third kappa shape index (κ3) is 2.70. The number of fused-ring (bicyclic) bond motifs is 2. The van der Waals surface area contributed by atoms with Crippen LogP contribution in [0.5, 0.6) is 0 Å². The summed E-state index contributed by atoms with van der Waals surface area (Å²) in [6, 6.07) is 3.41. The molecule has 1 aliphatic carbocycles. The summed E-state index contributed by atoms with van der Waals surface area (Å²) in [4.78, 5) is 25.8. The van der Waals surface area contributed by atoms with Crippen molar-refractivity contribution in [3.8, 4) is 0 Å². The van der Waals surface area contributed by atoms with Crippen molar-refractivity contribution in [2.75, 3.05) is 12.4 Å². The van der Waals surface area contributed by atoms with Crippen LogP contribution in [0.1, 0.15) is 42.6 Å². The molecule has 0 aromatic carbocycles. The highest BCUT2D eigenvalue weighted by atomic mass is 35.5. The monoisotopic (exact) mass is 374 g/mol. The maximum Gasteiger partial charge on any atom is 0.271 e. The molecule has 0 radical (unpaired) electrons. The van der Waals surface area contributed by atoms with Gasteiger partial charge in [0.2, 0.25) is 0 Å². The molecule has 2 aromatic heterocycles. The summed E-state index contributed by atoms with van der Waals surface area (Å²) in [6.45, 7) is 0. The first-order valence-corrected chi connectivity index (χ1v) is 8.91. The number of amides is 1. The number of pyridine rings is 1. The zero-order valence-corrected chi connectivity index (χ0v) is 15.1. The first-order chi connectivity index (χ1) is 12.6. The van der Waals surface area contributed by atoms with Gasteiger partial charge in [-0.05, 0) is 37.8 Å². The maximum absolute atomic E-state index is 12.6. The second-order valence-electron chi connectivity index (χ2n) is 6.45. The minimum Gasteiger partial charge on any atom is -0.397 e. The van der Waals surface area contributed by atoms with Gasteiger partial charge in [0.15, 0.2) is 5.49 Å². The lowest BCUT2D eigenvalue weighted by molar-refractivity contribution is 0.0871. The van der Waals surface area contributed by atoms with E-state index in [1.165, 1.54) is 13.4 Å². The van der Waals surface area contributed by atoms with E-state index >= 15 is 0 Å². The predicted octanol–water partition coefficient (Wildman–Crippen LogP) is 2.50. The van der Waals surface area contributed by atoms with E-state index in [0.717, 1.165) is 32.1 Å². The number of anilines is 2. The smallest absolute Gasteiger partial charge is 0.271 e. The van der Waals surface area contributed by atoms with Crippen molar-refractivity contribution in [2.24, 2.45) is 5.16 Å². The Hall–Kier alpha value is -2.61. The van der Waals surface area contributed by atoms with E-state index < -0.39 is 5.66 Å². The van der Waals surface area contributed by atoms with Crippen LogP contribution in [0, 0.1) is 0 Å². The molecule has 3 heterocycles. The van der Waals surface area contributed by atoms with Crippen LogP contribution in [-0.4, -0.2) is 27.6 Å². The lowest BCUT2D eigenvalue weighted by Gasteiger charge is -2.36. The van der Waals surface area contributed by atoms with Crippen LogP contribution in [0.25, 0.3) is 0 Å². The van der Waals surface area contributed by atoms with E-state index in [1.54, 1.807) is 18.3 Å². The molecule has 1 aliphatic heterocycles. The highest BCUT2D eigenvalue weighted by molar-refractivity contribution is 6.34. The van der Waals surface area contributed by atoms with Crippen LogP contribution in [0.4, 0.5) is 11.5 Å². The Bertz CT molecular complexity index is 905. The van der Waals surface area contributed by atoms with Crippen molar-refractivity contribution in [3.63, 3.8) is 0 Å². The molecule has 1 fully saturated rings. The summed E-state index contributed by atoms with van der Waals surface area (Å²) in [6.07, 6.45) is 7.95. The molecule has 4 rings (SSSR count). The molecule has 136 valence electrons. The van der Waals surface area contributed by atoms with Crippen LogP contribution >= 0.6 is 11.6 Å². The average molecular weight is 375 g/mol. The fraction of sp³-hybridized carbons (Fsp3) is 0.412. The van der Waals surface area contributed by atoms with Gasteiger partial charge in [-0.3, -0.25) is 9.36 Å². The highest BCUT2D eigenvalue weighted by Gasteiger charge is 2.45. The van der Waals surface area contributed by atoms with E-state index in [1.807, 2.05) is 4.57 Å².